The first-order chi connectivity index (χ1) is 11.5. The molecular formula is C17H17BrN2O3S. The Hall–Kier alpha value is -1.70. The van der Waals surface area contributed by atoms with Crippen LogP contribution in [-0.2, 0) is 17.7 Å². The average Bonchev–Trinajstić information content (AvgIpc) is 2.91. The Bertz CT molecular complexity index is 803. The third kappa shape index (κ3) is 3.24. The molecule has 7 heteroatoms. The SMILES string of the molecule is COC(=O)c1c(NC(=O)c2ccccc2Br)sc2c1CCN(C)C2. The molecule has 2 aromatic rings. The fourth-order valence-corrected chi connectivity index (χ4v) is 4.53. The number of thiophene rings is 1. The molecule has 0 fully saturated rings. The number of hydrogen-bond acceptors (Lipinski definition) is 5. The van der Waals surface area contributed by atoms with Crippen LogP contribution in [0, 0.1) is 0 Å². The second kappa shape index (κ2) is 7.04. The highest BCUT2D eigenvalue weighted by molar-refractivity contribution is 9.10. The smallest absolute Gasteiger partial charge is 0.341 e. The molecule has 0 bridgehead atoms. The number of carbonyl (C=O) groups excluding carboxylic acids is 2. The third-order valence-electron chi connectivity index (χ3n) is 3.98. The Kier molecular flexibility index (Phi) is 5.03. The molecule has 0 saturated heterocycles. The van der Waals surface area contributed by atoms with E-state index in [0.29, 0.717) is 20.6 Å². The van der Waals surface area contributed by atoms with E-state index in [1.165, 1.54) is 18.4 Å². The van der Waals surface area contributed by atoms with Gasteiger partial charge in [0.05, 0.1) is 18.2 Å². The predicted octanol–water partition coefficient (Wildman–Crippen LogP) is 3.54. The number of methoxy groups -OCH3 is 1. The zero-order valence-electron chi connectivity index (χ0n) is 13.4. The molecule has 5 nitrogen and oxygen atoms in total. The molecule has 0 atom stereocenters. The largest absolute Gasteiger partial charge is 0.465 e. The van der Waals surface area contributed by atoms with E-state index < -0.39 is 5.97 Å². The maximum absolute atomic E-state index is 12.6. The molecular weight excluding hydrogens is 392 g/mol. The Morgan fingerprint density at radius 2 is 2.08 bits per heavy atom. The average molecular weight is 409 g/mol. The first-order valence-corrected chi connectivity index (χ1v) is 9.09. The van der Waals surface area contributed by atoms with Gasteiger partial charge in [-0.25, -0.2) is 4.79 Å². The number of ether oxygens (including phenoxy) is 1. The van der Waals surface area contributed by atoms with E-state index in [9.17, 15) is 9.59 Å². The van der Waals surface area contributed by atoms with E-state index in [2.05, 4.69) is 26.1 Å². The Labute approximate surface area is 152 Å². The van der Waals surface area contributed by atoms with Crippen LogP contribution in [0.2, 0.25) is 0 Å². The number of benzene rings is 1. The summed E-state index contributed by atoms with van der Waals surface area (Å²) in [7, 11) is 3.40. The maximum atomic E-state index is 12.6. The molecule has 2 heterocycles. The fraction of sp³-hybridized carbons (Fsp3) is 0.294. The van der Waals surface area contributed by atoms with Gasteiger partial charge in [-0.15, -0.1) is 11.3 Å². The summed E-state index contributed by atoms with van der Waals surface area (Å²) in [6.45, 7) is 1.65. The Morgan fingerprint density at radius 1 is 1.33 bits per heavy atom. The molecule has 1 aromatic carbocycles. The summed E-state index contributed by atoms with van der Waals surface area (Å²) >= 11 is 4.83. The molecule has 1 amide bonds. The zero-order chi connectivity index (χ0) is 17.3. The van der Waals surface area contributed by atoms with Gasteiger partial charge in [0.25, 0.3) is 5.91 Å². The second-order valence-corrected chi connectivity index (χ2v) is 7.58. The summed E-state index contributed by atoms with van der Waals surface area (Å²) in [5, 5.41) is 3.44. The van der Waals surface area contributed by atoms with Crippen LogP contribution in [0.1, 0.15) is 31.2 Å². The lowest BCUT2D eigenvalue weighted by Crippen LogP contribution is -2.26. The molecule has 126 valence electrons. The summed E-state index contributed by atoms with van der Waals surface area (Å²) in [6, 6.07) is 7.19. The summed E-state index contributed by atoms with van der Waals surface area (Å²) in [5.41, 5.74) is 2.01. The van der Waals surface area contributed by atoms with E-state index in [-0.39, 0.29) is 5.91 Å². The Balaban J connectivity index is 1.97. The van der Waals surface area contributed by atoms with Crippen molar-refractivity contribution in [2.45, 2.75) is 13.0 Å². The normalized spacial score (nSPS) is 14.1. The summed E-state index contributed by atoms with van der Waals surface area (Å²) in [4.78, 5) is 28.1. The minimum absolute atomic E-state index is 0.250. The van der Waals surface area contributed by atoms with Crippen molar-refractivity contribution in [3.63, 3.8) is 0 Å². The lowest BCUT2D eigenvalue weighted by atomic mass is 10.0. The van der Waals surface area contributed by atoms with Crippen molar-refractivity contribution >= 4 is 44.1 Å². The topological polar surface area (TPSA) is 58.6 Å². The van der Waals surface area contributed by atoms with Gasteiger partial charge in [0.1, 0.15) is 5.00 Å². The van der Waals surface area contributed by atoms with Crippen molar-refractivity contribution < 1.29 is 14.3 Å². The van der Waals surface area contributed by atoms with Crippen molar-refractivity contribution in [3.05, 3.63) is 50.3 Å². The molecule has 1 aliphatic heterocycles. The van der Waals surface area contributed by atoms with Crippen LogP contribution in [0.25, 0.3) is 0 Å². The van der Waals surface area contributed by atoms with Gasteiger partial charge in [0.15, 0.2) is 0 Å². The molecule has 0 spiro atoms. The van der Waals surface area contributed by atoms with Crippen molar-refractivity contribution in [3.8, 4) is 0 Å². The van der Waals surface area contributed by atoms with Crippen molar-refractivity contribution in [2.24, 2.45) is 0 Å². The third-order valence-corrected chi connectivity index (χ3v) is 5.81. The van der Waals surface area contributed by atoms with E-state index in [1.807, 2.05) is 19.2 Å². The van der Waals surface area contributed by atoms with Gasteiger partial charge >= 0.3 is 5.97 Å². The van der Waals surface area contributed by atoms with Gasteiger partial charge in [-0.1, -0.05) is 12.1 Å². The minimum atomic E-state index is -0.403. The number of rotatable bonds is 3. The van der Waals surface area contributed by atoms with E-state index in [4.69, 9.17) is 4.74 Å². The van der Waals surface area contributed by atoms with Gasteiger partial charge < -0.3 is 15.0 Å². The van der Waals surface area contributed by atoms with Crippen LogP contribution >= 0.6 is 27.3 Å². The molecule has 1 N–H and O–H groups in total. The van der Waals surface area contributed by atoms with Gasteiger partial charge in [-0.05, 0) is 47.1 Å². The molecule has 0 saturated carbocycles. The van der Waals surface area contributed by atoms with Crippen molar-refractivity contribution in [1.29, 1.82) is 0 Å². The number of fused-ring (bicyclic) bond motifs is 1. The highest BCUT2D eigenvalue weighted by Gasteiger charge is 2.28. The number of likely N-dealkylation sites (N-methyl/N-ethyl adjacent to an activating group) is 1. The molecule has 3 rings (SSSR count). The van der Waals surface area contributed by atoms with Crippen molar-refractivity contribution in [2.75, 3.05) is 26.0 Å². The minimum Gasteiger partial charge on any atom is -0.465 e. The van der Waals surface area contributed by atoms with Gasteiger partial charge in [-0.3, -0.25) is 4.79 Å². The maximum Gasteiger partial charge on any atom is 0.341 e. The van der Waals surface area contributed by atoms with Gasteiger partial charge in [-0.2, -0.15) is 0 Å². The number of anilines is 1. The first kappa shape index (κ1) is 17.1. The molecule has 24 heavy (non-hydrogen) atoms. The molecule has 0 unspecified atom stereocenters. The highest BCUT2D eigenvalue weighted by atomic mass is 79.9. The monoisotopic (exact) mass is 408 g/mol. The Morgan fingerprint density at radius 3 is 2.79 bits per heavy atom. The highest BCUT2D eigenvalue weighted by Crippen LogP contribution is 2.37. The number of amides is 1. The molecule has 0 aliphatic carbocycles. The number of carbonyl (C=O) groups is 2. The van der Waals surface area contributed by atoms with Gasteiger partial charge in [0.2, 0.25) is 0 Å². The molecule has 0 radical (unpaired) electrons. The summed E-state index contributed by atoms with van der Waals surface area (Å²) in [6.07, 6.45) is 0.775. The quantitative estimate of drug-likeness (QED) is 0.788. The molecule has 1 aliphatic rings. The summed E-state index contributed by atoms with van der Waals surface area (Å²) in [5.74, 6) is -0.654. The van der Waals surface area contributed by atoms with E-state index in [1.54, 1.807) is 12.1 Å². The van der Waals surface area contributed by atoms with Crippen LogP contribution in [0.5, 0.6) is 0 Å². The first-order valence-electron chi connectivity index (χ1n) is 7.48. The number of halogens is 1. The fourth-order valence-electron chi connectivity index (χ4n) is 2.75. The van der Waals surface area contributed by atoms with Crippen LogP contribution in [0.3, 0.4) is 0 Å². The lowest BCUT2D eigenvalue weighted by Gasteiger charge is -2.22. The summed E-state index contributed by atoms with van der Waals surface area (Å²) < 4.78 is 5.64. The van der Waals surface area contributed by atoms with Crippen LogP contribution in [0.15, 0.2) is 28.7 Å². The number of hydrogen-bond donors (Lipinski definition) is 1. The van der Waals surface area contributed by atoms with Crippen LogP contribution in [0.4, 0.5) is 5.00 Å². The number of esters is 1. The van der Waals surface area contributed by atoms with Gasteiger partial charge in [0, 0.05) is 22.4 Å². The standard InChI is InChI=1S/C17H17BrN2O3S/c1-20-8-7-11-13(9-20)24-16(14(11)17(22)23-2)19-15(21)10-5-3-4-6-12(10)18/h3-6H,7-9H2,1-2H3,(H,19,21). The number of nitrogens with zero attached hydrogens (tertiary/aromatic N) is 1. The second-order valence-electron chi connectivity index (χ2n) is 5.62. The molecule has 1 aromatic heterocycles. The number of nitrogens with one attached hydrogen (secondary N) is 1. The lowest BCUT2D eigenvalue weighted by molar-refractivity contribution is 0.0600. The van der Waals surface area contributed by atoms with Crippen LogP contribution < -0.4 is 5.32 Å². The predicted molar refractivity (Wildman–Crippen MR) is 97.8 cm³/mol. The van der Waals surface area contributed by atoms with E-state index >= 15 is 0 Å². The van der Waals surface area contributed by atoms with Crippen LogP contribution in [-0.4, -0.2) is 37.5 Å². The zero-order valence-corrected chi connectivity index (χ0v) is 15.8. The van der Waals surface area contributed by atoms with E-state index in [0.717, 1.165) is 30.0 Å². The van der Waals surface area contributed by atoms with Crippen molar-refractivity contribution in [1.82, 2.24) is 4.90 Å².